The summed E-state index contributed by atoms with van der Waals surface area (Å²) < 4.78 is 1.80. The van der Waals surface area contributed by atoms with Crippen LogP contribution in [0.1, 0.15) is 54.0 Å². The maximum absolute atomic E-state index is 13.0. The molecule has 2 aliphatic rings. The minimum Gasteiger partial charge on any atom is -0.352 e. The number of aryl methyl sites for hydroxylation is 2. The highest BCUT2D eigenvalue weighted by Crippen LogP contribution is 2.36. The summed E-state index contributed by atoms with van der Waals surface area (Å²) in [7, 11) is 0. The van der Waals surface area contributed by atoms with Gasteiger partial charge in [-0.05, 0) is 54.3 Å². The third-order valence-corrected chi connectivity index (χ3v) is 6.38. The van der Waals surface area contributed by atoms with Crippen molar-refractivity contribution in [3.8, 4) is 0 Å². The lowest BCUT2D eigenvalue weighted by Gasteiger charge is -2.32. The third kappa shape index (κ3) is 4.02. The molecule has 5 rings (SSSR count). The van der Waals surface area contributed by atoms with E-state index in [0.29, 0.717) is 5.95 Å². The van der Waals surface area contributed by atoms with Gasteiger partial charge in [0.1, 0.15) is 12.6 Å². The fourth-order valence-electron chi connectivity index (χ4n) is 4.58. The first kappa shape index (κ1) is 20.4. The van der Waals surface area contributed by atoms with Gasteiger partial charge >= 0.3 is 0 Å². The van der Waals surface area contributed by atoms with Gasteiger partial charge in [-0.25, -0.2) is 0 Å². The van der Waals surface area contributed by atoms with Crippen molar-refractivity contribution in [1.82, 2.24) is 25.5 Å². The predicted molar refractivity (Wildman–Crippen MR) is 124 cm³/mol. The maximum Gasteiger partial charge on any atom is 0.251 e. The maximum atomic E-state index is 13.0. The molecular formula is C25H28N6O. The second kappa shape index (κ2) is 8.57. The number of tetrazole rings is 1. The number of fused-ring (bicyclic) bond motifs is 1. The van der Waals surface area contributed by atoms with Gasteiger partial charge in [-0.2, -0.15) is 4.68 Å². The van der Waals surface area contributed by atoms with E-state index in [2.05, 4.69) is 89.3 Å². The topological polar surface area (TPSA) is 75.9 Å². The predicted octanol–water partition coefficient (Wildman–Crippen LogP) is 3.80. The summed E-state index contributed by atoms with van der Waals surface area (Å²) >= 11 is 0. The molecule has 2 aromatic carbocycles. The van der Waals surface area contributed by atoms with Crippen molar-refractivity contribution < 1.29 is 4.79 Å². The Labute approximate surface area is 188 Å². The van der Waals surface area contributed by atoms with Crippen LogP contribution in [0.2, 0.25) is 0 Å². The van der Waals surface area contributed by atoms with Crippen molar-refractivity contribution in [3.05, 3.63) is 76.9 Å². The molecule has 1 atom stereocenters. The Morgan fingerprint density at radius 3 is 2.34 bits per heavy atom. The number of nitrogens with one attached hydrogen (secondary N) is 1. The third-order valence-electron chi connectivity index (χ3n) is 6.38. The zero-order chi connectivity index (χ0) is 22.1. The number of carbonyl (C=O) groups is 1. The SMILES string of the molecule is Cc1ccc(C2=C[C@@H](c3ccc(C)cc3)n3nnnc3N2CC(=O)NC2CCCC2)cc1. The molecule has 3 aromatic rings. The molecule has 0 spiro atoms. The van der Waals surface area contributed by atoms with Crippen LogP contribution in [0.4, 0.5) is 5.95 Å². The Hall–Kier alpha value is -3.48. The van der Waals surface area contributed by atoms with Crippen LogP contribution in [0.5, 0.6) is 0 Å². The molecule has 32 heavy (non-hydrogen) atoms. The van der Waals surface area contributed by atoms with Crippen LogP contribution in [-0.4, -0.2) is 38.7 Å². The molecule has 1 amide bonds. The van der Waals surface area contributed by atoms with E-state index in [0.717, 1.165) is 29.7 Å². The highest BCUT2D eigenvalue weighted by atomic mass is 16.2. The van der Waals surface area contributed by atoms with Crippen molar-refractivity contribution in [2.45, 2.75) is 51.6 Å². The lowest BCUT2D eigenvalue weighted by molar-refractivity contribution is -0.120. The highest BCUT2D eigenvalue weighted by Gasteiger charge is 2.32. The molecule has 0 radical (unpaired) electrons. The molecule has 1 fully saturated rings. The zero-order valence-electron chi connectivity index (χ0n) is 18.5. The number of aromatic nitrogens is 4. The first-order valence-electron chi connectivity index (χ1n) is 11.3. The van der Waals surface area contributed by atoms with E-state index in [4.69, 9.17) is 0 Å². The van der Waals surface area contributed by atoms with E-state index in [-0.39, 0.29) is 24.5 Å². The molecule has 2 heterocycles. The van der Waals surface area contributed by atoms with Crippen LogP contribution in [0, 0.1) is 13.8 Å². The van der Waals surface area contributed by atoms with Crippen molar-refractivity contribution >= 4 is 17.6 Å². The number of hydrogen-bond donors (Lipinski definition) is 1. The van der Waals surface area contributed by atoms with Crippen molar-refractivity contribution in [1.29, 1.82) is 0 Å². The number of hydrogen-bond acceptors (Lipinski definition) is 5. The average Bonchev–Trinajstić information content (AvgIpc) is 3.48. The van der Waals surface area contributed by atoms with Gasteiger partial charge in [-0.3, -0.25) is 9.69 Å². The minimum absolute atomic E-state index is 0.00162. The van der Waals surface area contributed by atoms with Gasteiger partial charge in [0.25, 0.3) is 5.95 Å². The first-order chi connectivity index (χ1) is 15.6. The first-order valence-corrected chi connectivity index (χ1v) is 11.3. The Kier molecular flexibility index (Phi) is 5.47. The molecule has 0 bridgehead atoms. The van der Waals surface area contributed by atoms with E-state index < -0.39 is 0 Å². The van der Waals surface area contributed by atoms with Crippen molar-refractivity contribution in [2.75, 3.05) is 11.4 Å². The summed E-state index contributed by atoms with van der Waals surface area (Å²) in [6.07, 6.45) is 6.63. The molecule has 1 aliphatic heterocycles. The van der Waals surface area contributed by atoms with Crippen LogP contribution >= 0.6 is 0 Å². The van der Waals surface area contributed by atoms with Crippen LogP contribution in [0.25, 0.3) is 5.70 Å². The highest BCUT2D eigenvalue weighted by molar-refractivity contribution is 5.89. The van der Waals surface area contributed by atoms with Gasteiger partial charge in [-0.1, -0.05) is 77.6 Å². The molecule has 1 saturated carbocycles. The van der Waals surface area contributed by atoms with E-state index in [1.807, 2.05) is 4.90 Å². The summed E-state index contributed by atoms with van der Waals surface area (Å²) in [4.78, 5) is 14.9. The average molecular weight is 429 g/mol. The molecule has 7 heteroatoms. The normalized spacial score (nSPS) is 18.4. The molecule has 7 nitrogen and oxygen atoms in total. The molecule has 1 N–H and O–H groups in total. The summed E-state index contributed by atoms with van der Waals surface area (Å²) in [6.45, 7) is 4.32. The van der Waals surface area contributed by atoms with E-state index >= 15 is 0 Å². The monoisotopic (exact) mass is 428 g/mol. The quantitative estimate of drug-likeness (QED) is 0.669. The number of allylic oxidation sites excluding steroid dienone is 1. The largest absolute Gasteiger partial charge is 0.352 e. The molecule has 1 aliphatic carbocycles. The fourth-order valence-corrected chi connectivity index (χ4v) is 4.58. The second-order valence-electron chi connectivity index (χ2n) is 8.83. The number of nitrogens with zero attached hydrogens (tertiary/aromatic N) is 5. The summed E-state index contributed by atoms with van der Waals surface area (Å²) in [5, 5.41) is 15.7. The van der Waals surface area contributed by atoms with E-state index in [9.17, 15) is 4.79 Å². The van der Waals surface area contributed by atoms with Crippen LogP contribution < -0.4 is 10.2 Å². The lowest BCUT2D eigenvalue weighted by atomic mass is 9.99. The fraction of sp³-hybridized carbons (Fsp3) is 0.360. The molecule has 0 unspecified atom stereocenters. The van der Waals surface area contributed by atoms with Gasteiger partial charge in [0.05, 0.1) is 5.70 Å². The molecule has 164 valence electrons. The second-order valence-corrected chi connectivity index (χ2v) is 8.83. The summed E-state index contributed by atoms with van der Waals surface area (Å²) in [5.41, 5.74) is 5.48. The standard InChI is InChI=1S/C25H28N6O/c1-17-7-11-19(12-8-17)22-15-23(20-13-9-18(2)10-14-20)31-25(27-28-29-31)30(22)16-24(32)26-21-5-3-4-6-21/h7-15,21,23H,3-6,16H2,1-2H3,(H,26,32)/t23-/m0/s1. The van der Waals surface area contributed by atoms with Crippen LogP contribution in [0.3, 0.4) is 0 Å². The smallest absolute Gasteiger partial charge is 0.251 e. The van der Waals surface area contributed by atoms with Crippen LogP contribution in [-0.2, 0) is 4.79 Å². The van der Waals surface area contributed by atoms with Gasteiger partial charge in [-0.15, -0.1) is 0 Å². The number of rotatable bonds is 5. The zero-order valence-corrected chi connectivity index (χ0v) is 18.5. The Morgan fingerprint density at radius 2 is 1.66 bits per heavy atom. The Balaban J connectivity index is 1.53. The van der Waals surface area contributed by atoms with Gasteiger partial charge in [0.2, 0.25) is 5.91 Å². The Bertz CT molecular complexity index is 1130. The summed E-state index contributed by atoms with van der Waals surface area (Å²) in [5.74, 6) is 0.577. The number of benzene rings is 2. The van der Waals surface area contributed by atoms with Gasteiger partial charge in [0, 0.05) is 6.04 Å². The lowest BCUT2D eigenvalue weighted by Crippen LogP contribution is -2.43. The van der Waals surface area contributed by atoms with Gasteiger partial charge < -0.3 is 5.32 Å². The molecule has 1 aromatic heterocycles. The summed E-state index contributed by atoms with van der Waals surface area (Å²) in [6, 6.07) is 16.9. The van der Waals surface area contributed by atoms with Crippen molar-refractivity contribution in [3.63, 3.8) is 0 Å². The molecule has 0 saturated heterocycles. The van der Waals surface area contributed by atoms with Crippen molar-refractivity contribution in [2.24, 2.45) is 0 Å². The minimum atomic E-state index is -0.147. The van der Waals surface area contributed by atoms with Crippen LogP contribution in [0.15, 0.2) is 54.6 Å². The number of carbonyl (C=O) groups excluding carboxylic acids is 1. The van der Waals surface area contributed by atoms with E-state index in [1.165, 1.54) is 24.0 Å². The van der Waals surface area contributed by atoms with Gasteiger partial charge in [0.15, 0.2) is 0 Å². The number of amides is 1. The number of anilines is 1. The van der Waals surface area contributed by atoms with E-state index in [1.54, 1.807) is 4.68 Å². The Morgan fingerprint density at radius 1 is 1.00 bits per heavy atom. The molecular weight excluding hydrogens is 400 g/mol.